The van der Waals surface area contributed by atoms with Crippen LogP contribution >= 0.6 is 11.3 Å². The molecule has 0 saturated heterocycles. The van der Waals surface area contributed by atoms with Crippen LogP contribution in [0, 0.1) is 0 Å². The molecule has 208 valence electrons. The minimum absolute atomic E-state index is 1.18. The molecule has 7 aromatic carbocycles. The second kappa shape index (κ2) is 8.50. The number of thiophene rings is 1. The first-order valence-electron chi connectivity index (χ1n) is 15.5. The van der Waals surface area contributed by atoms with Crippen molar-refractivity contribution in [3.8, 4) is 16.8 Å². The van der Waals surface area contributed by atoms with Gasteiger partial charge < -0.3 is 8.97 Å². The van der Waals surface area contributed by atoms with Gasteiger partial charge in [-0.3, -0.25) is 0 Å². The predicted molar refractivity (Wildman–Crippen MR) is 194 cm³/mol. The first-order valence-corrected chi connectivity index (χ1v) is 16.3. The molecule has 0 bridgehead atoms. The lowest BCUT2D eigenvalue weighted by atomic mass is 9.99. The van der Waals surface area contributed by atoms with E-state index >= 15 is 0 Å². The summed E-state index contributed by atoms with van der Waals surface area (Å²) in [6.45, 7) is 0. The molecule has 0 amide bonds. The van der Waals surface area contributed by atoms with Gasteiger partial charge >= 0.3 is 0 Å². The maximum atomic E-state index is 2.50. The third-order valence-electron chi connectivity index (χ3n) is 9.84. The van der Waals surface area contributed by atoms with Crippen LogP contribution in [-0.4, -0.2) is 8.97 Å². The highest BCUT2D eigenvalue weighted by atomic mass is 32.1. The summed E-state index contributed by atoms with van der Waals surface area (Å²) in [5.41, 5.74) is 9.95. The molecule has 0 aliphatic carbocycles. The van der Waals surface area contributed by atoms with E-state index in [0.29, 0.717) is 0 Å². The maximum Gasteiger partial charge on any atom is 0.0641 e. The molecule has 3 heteroatoms. The number of fused-ring (bicyclic) bond motifs is 9. The van der Waals surface area contributed by atoms with Gasteiger partial charge in [0, 0.05) is 52.8 Å². The molecule has 0 atom stereocenters. The standard InChI is InChI=1S/C42H24N2S/c1-4-17-33-28(12-1)30-16-8-19-35-40(30)41-36(23-22-31-29-13-2-5-18-34(29)44(33)42(31)41)43(35)26-11-7-10-25(24-26)27-15-9-21-38-39(27)32-14-3-6-20-37(32)45-38/h1-24H. The third-order valence-corrected chi connectivity index (χ3v) is 11.0. The van der Waals surface area contributed by atoms with Crippen molar-refractivity contribution in [3.63, 3.8) is 0 Å². The van der Waals surface area contributed by atoms with Crippen LogP contribution in [0.2, 0.25) is 0 Å². The fourth-order valence-corrected chi connectivity index (χ4v) is 9.21. The highest BCUT2D eigenvalue weighted by molar-refractivity contribution is 7.25. The fraction of sp³-hybridized carbons (Fsp3) is 0. The highest BCUT2D eigenvalue weighted by Gasteiger charge is 2.23. The molecule has 0 unspecified atom stereocenters. The van der Waals surface area contributed by atoms with Crippen molar-refractivity contribution in [2.24, 2.45) is 0 Å². The van der Waals surface area contributed by atoms with E-state index in [4.69, 9.17) is 0 Å². The summed E-state index contributed by atoms with van der Waals surface area (Å²) in [5, 5.41) is 10.5. The molecule has 0 radical (unpaired) electrons. The van der Waals surface area contributed by atoms with Crippen LogP contribution < -0.4 is 0 Å². The lowest BCUT2D eigenvalue weighted by molar-refractivity contribution is 1.18. The van der Waals surface area contributed by atoms with Gasteiger partial charge in [0.2, 0.25) is 0 Å². The normalized spacial score (nSPS) is 12.4. The topological polar surface area (TPSA) is 9.34 Å². The summed E-state index contributed by atoms with van der Waals surface area (Å²) in [4.78, 5) is 0. The van der Waals surface area contributed by atoms with Gasteiger partial charge in [-0.25, -0.2) is 0 Å². The van der Waals surface area contributed by atoms with E-state index in [2.05, 4.69) is 155 Å². The van der Waals surface area contributed by atoms with Crippen molar-refractivity contribution < 1.29 is 0 Å². The Morgan fingerprint density at radius 2 is 1.04 bits per heavy atom. The van der Waals surface area contributed by atoms with Crippen molar-refractivity contribution in [3.05, 3.63) is 146 Å². The Morgan fingerprint density at radius 1 is 0.400 bits per heavy atom. The molecule has 2 nitrogen and oxygen atoms in total. The van der Waals surface area contributed by atoms with Crippen LogP contribution in [0.15, 0.2) is 146 Å². The first kappa shape index (κ1) is 23.8. The lowest BCUT2D eigenvalue weighted by Gasteiger charge is -2.12. The molecule has 0 saturated carbocycles. The van der Waals surface area contributed by atoms with Gasteiger partial charge in [0.05, 0.1) is 27.6 Å². The Morgan fingerprint density at radius 3 is 1.91 bits per heavy atom. The average molecular weight is 589 g/mol. The molecule has 0 aliphatic rings. The average Bonchev–Trinajstić information content (AvgIpc) is 3.73. The number of aromatic nitrogens is 2. The summed E-state index contributed by atoms with van der Waals surface area (Å²) in [7, 11) is 0. The molecular weight excluding hydrogens is 565 g/mol. The molecule has 4 heterocycles. The molecule has 0 N–H and O–H groups in total. The number of rotatable bonds is 2. The minimum atomic E-state index is 1.18. The van der Waals surface area contributed by atoms with Gasteiger partial charge in [0.15, 0.2) is 0 Å². The molecule has 4 aromatic heterocycles. The Bertz CT molecular complexity index is 2990. The van der Waals surface area contributed by atoms with E-state index in [1.807, 2.05) is 11.3 Å². The quantitative estimate of drug-likeness (QED) is 0.190. The zero-order valence-electron chi connectivity index (χ0n) is 24.2. The molecule has 11 rings (SSSR count). The van der Waals surface area contributed by atoms with E-state index in [0.717, 1.165) is 0 Å². The molecule has 0 aliphatic heterocycles. The van der Waals surface area contributed by atoms with Gasteiger partial charge in [-0.2, -0.15) is 0 Å². The van der Waals surface area contributed by atoms with Gasteiger partial charge in [-0.05, 0) is 65.0 Å². The van der Waals surface area contributed by atoms with Crippen LogP contribution in [0.3, 0.4) is 0 Å². The minimum Gasteiger partial charge on any atom is -0.309 e. The van der Waals surface area contributed by atoms with Crippen molar-refractivity contribution in [2.75, 3.05) is 0 Å². The second-order valence-electron chi connectivity index (χ2n) is 12.1. The van der Waals surface area contributed by atoms with Crippen molar-refractivity contribution in [1.82, 2.24) is 8.97 Å². The first-order chi connectivity index (χ1) is 22.3. The third kappa shape index (κ3) is 2.98. The summed E-state index contributed by atoms with van der Waals surface area (Å²) in [6, 6.07) is 53.9. The monoisotopic (exact) mass is 588 g/mol. The second-order valence-corrected chi connectivity index (χ2v) is 13.2. The van der Waals surface area contributed by atoms with Crippen LogP contribution in [0.1, 0.15) is 0 Å². The summed E-state index contributed by atoms with van der Waals surface area (Å²) >= 11 is 1.88. The maximum absolute atomic E-state index is 2.50. The van der Waals surface area contributed by atoms with E-state index in [9.17, 15) is 0 Å². The molecule has 11 aromatic rings. The smallest absolute Gasteiger partial charge is 0.0641 e. The summed E-state index contributed by atoms with van der Waals surface area (Å²) in [5.74, 6) is 0. The fourth-order valence-electron chi connectivity index (χ4n) is 8.08. The van der Waals surface area contributed by atoms with E-state index in [1.165, 1.54) is 96.9 Å². The van der Waals surface area contributed by atoms with Crippen molar-refractivity contribution in [2.45, 2.75) is 0 Å². The van der Waals surface area contributed by atoms with Gasteiger partial charge in [0.25, 0.3) is 0 Å². The SMILES string of the molecule is c1cc(-c2cccc3sc4ccccc4c23)cc(-n2c3cccc4c5ccccc5n5c6ccccc6c6ccc2c(c43)c65)c1. The molecular formula is C42H24N2S. The van der Waals surface area contributed by atoms with Crippen molar-refractivity contribution in [1.29, 1.82) is 0 Å². The van der Waals surface area contributed by atoms with Gasteiger partial charge in [0.1, 0.15) is 0 Å². The zero-order valence-corrected chi connectivity index (χ0v) is 25.0. The van der Waals surface area contributed by atoms with E-state index in [1.54, 1.807) is 0 Å². The van der Waals surface area contributed by atoms with E-state index < -0.39 is 0 Å². The largest absolute Gasteiger partial charge is 0.309 e. The van der Waals surface area contributed by atoms with Crippen LogP contribution in [0.25, 0.3) is 96.9 Å². The van der Waals surface area contributed by atoms with Gasteiger partial charge in [-0.1, -0.05) is 97.1 Å². The number of nitrogens with zero attached hydrogens (tertiary/aromatic N) is 2. The lowest BCUT2D eigenvalue weighted by Crippen LogP contribution is -1.95. The Balaban J connectivity index is 1.30. The van der Waals surface area contributed by atoms with Crippen LogP contribution in [-0.2, 0) is 0 Å². The van der Waals surface area contributed by atoms with Crippen LogP contribution in [0.4, 0.5) is 0 Å². The molecule has 0 fully saturated rings. The zero-order chi connectivity index (χ0) is 29.2. The number of benzene rings is 7. The number of hydrogen-bond donors (Lipinski definition) is 0. The Kier molecular flexibility index (Phi) is 4.49. The number of hydrogen-bond acceptors (Lipinski definition) is 1. The highest BCUT2D eigenvalue weighted by Crippen LogP contribution is 2.46. The molecule has 0 spiro atoms. The predicted octanol–water partition coefficient (Wildman–Crippen LogP) is 12.0. The van der Waals surface area contributed by atoms with E-state index in [-0.39, 0.29) is 0 Å². The van der Waals surface area contributed by atoms with Gasteiger partial charge in [-0.15, -0.1) is 11.3 Å². The van der Waals surface area contributed by atoms with Crippen LogP contribution in [0.5, 0.6) is 0 Å². The number of para-hydroxylation sites is 2. The van der Waals surface area contributed by atoms with Crippen molar-refractivity contribution >= 4 is 91.4 Å². The Hall–Kier alpha value is -5.64. The molecule has 45 heavy (non-hydrogen) atoms. The summed E-state index contributed by atoms with van der Waals surface area (Å²) in [6.07, 6.45) is 0. The Labute approximate surface area is 261 Å². The summed E-state index contributed by atoms with van der Waals surface area (Å²) < 4.78 is 7.65.